The molecule has 7 nitrogen and oxygen atoms in total. The molecule has 0 amide bonds. The van der Waals surface area contributed by atoms with E-state index in [0.29, 0.717) is 11.4 Å². The molecule has 0 aliphatic heterocycles. The van der Waals surface area contributed by atoms with Crippen molar-refractivity contribution in [2.24, 2.45) is 0 Å². The van der Waals surface area contributed by atoms with Crippen molar-refractivity contribution < 1.29 is 8.42 Å². The quantitative estimate of drug-likeness (QED) is 0.827. The Morgan fingerprint density at radius 1 is 1.29 bits per heavy atom. The van der Waals surface area contributed by atoms with E-state index in [1.54, 1.807) is 12.1 Å². The van der Waals surface area contributed by atoms with Gasteiger partial charge in [-0.3, -0.25) is 5.10 Å². The number of H-pyrrole nitrogens is 1. The number of sulfonamides is 1. The zero-order valence-electron chi connectivity index (χ0n) is 12.2. The molecule has 2 rings (SSSR count). The van der Waals surface area contributed by atoms with Crippen LogP contribution in [-0.4, -0.2) is 42.0 Å². The van der Waals surface area contributed by atoms with Crippen molar-refractivity contribution in [3.05, 3.63) is 42.0 Å². The highest BCUT2D eigenvalue weighted by atomic mass is 32.2. The average Bonchev–Trinajstić information content (AvgIpc) is 2.98. The summed E-state index contributed by atoms with van der Waals surface area (Å²) in [5.74, 6) is 0.758. The van der Waals surface area contributed by atoms with E-state index in [1.807, 2.05) is 19.1 Å². The van der Waals surface area contributed by atoms with Gasteiger partial charge in [0.25, 0.3) is 0 Å². The average molecular weight is 309 g/mol. The summed E-state index contributed by atoms with van der Waals surface area (Å²) in [6.07, 6.45) is 1.46. The van der Waals surface area contributed by atoms with Gasteiger partial charge in [0.2, 0.25) is 10.0 Å². The number of nitrogens with zero attached hydrogens (tertiary/aromatic N) is 3. The van der Waals surface area contributed by atoms with Crippen LogP contribution in [-0.2, 0) is 16.6 Å². The third-order valence-electron chi connectivity index (χ3n) is 3.20. The van der Waals surface area contributed by atoms with E-state index in [4.69, 9.17) is 0 Å². The molecule has 0 saturated heterocycles. The first-order chi connectivity index (χ1) is 9.91. The monoisotopic (exact) mass is 309 g/mol. The number of nitrogens with one attached hydrogen (secondary N) is 2. The summed E-state index contributed by atoms with van der Waals surface area (Å²) < 4.78 is 25.2. The van der Waals surface area contributed by atoms with E-state index in [2.05, 4.69) is 20.5 Å². The van der Waals surface area contributed by atoms with E-state index >= 15 is 0 Å². The van der Waals surface area contributed by atoms with Crippen LogP contribution in [0.15, 0.2) is 35.5 Å². The van der Waals surface area contributed by atoms with Gasteiger partial charge in [-0.15, -0.1) is 0 Å². The molecule has 0 aliphatic carbocycles. The van der Waals surface area contributed by atoms with E-state index in [9.17, 15) is 8.42 Å². The molecule has 8 heteroatoms. The molecule has 0 spiro atoms. The van der Waals surface area contributed by atoms with Gasteiger partial charge >= 0.3 is 0 Å². The number of aromatic nitrogens is 3. The standard InChI is InChI=1S/C13H19N5O2S/c1-10(14-8-13-15-9-16-17-13)11-4-6-12(7-5-11)21(19,20)18(2)3/h4-7,9-10,14H,8H2,1-3H3,(H,15,16,17). The van der Waals surface area contributed by atoms with Crippen molar-refractivity contribution in [2.75, 3.05) is 14.1 Å². The number of hydrogen-bond acceptors (Lipinski definition) is 5. The summed E-state index contributed by atoms with van der Waals surface area (Å²) in [6.45, 7) is 2.57. The van der Waals surface area contributed by atoms with Crippen LogP contribution >= 0.6 is 0 Å². The largest absolute Gasteiger partial charge is 0.303 e. The molecule has 2 N–H and O–H groups in total. The Morgan fingerprint density at radius 3 is 2.48 bits per heavy atom. The third kappa shape index (κ3) is 3.66. The van der Waals surface area contributed by atoms with Crippen LogP contribution in [0.1, 0.15) is 24.4 Å². The minimum absolute atomic E-state index is 0.0752. The van der Waals surface area contributed by atoms with Crippen LogP contribution in [0.4, 0.5) is 0 Å². The van der Waals surface area contributed by atoms with Gasteiger partial charge in [0.15, 0.2) is 0 Å². The van der Waals surface area contributed by atoms with Gasteiger partial charge in [-0.2, -0.15) is 5.10 Å². The van der Waals surface area contributed by atoms with Gasteiger partial charge in [0.05, 0.1) is 11.4 Å². The van der Waals surface area contributed by atoms with Crippen LogP contribution in [0, 0.1) is 0 Å². The Balaban J connectivity index is 2.05. The summed E-state index contributed by atoms with van der Waals surface area (Å²) in [4.78, 5) is 4.32. The summed E-state index contributed by atoms with van der Waals surface area (Å²) in [6, 6.07) is 6.95. The van der Waals surface area contributed by atoms with Gasteiger partial charge in [-0.05, 0) is 24.6 Å². The van der Waals surface area contributed by atoms with Crippen molar-refractivity contribution in [1.82, 2.24) is 24.8 Å². The lowest BCUT2D eigenvalue weighted by atomic mass is 10.1. The molecule has 1 atom stereocenters. The maximum absolute atomic E-state index is 12.0. The smallest absolute Gasteiger partial charge is 0.242 e. The Kier molecular flexibility index (Phi) is 4.71. The first-order valence-corrected chi connectivity index (χ1v) is 7.95. The van der Waals surface area contributed by atoms with Crippen LogP contribution in [0.5, 0.6) is 0 Å². The first-order valence-electron chi connectivity index (χ1n) is 6.51. The lowest BCUT2D eigenvalue weighted by molar-refractivity contribution is 0.520. The second-order valence-electron chi connectivity index (χ2n) is 4.89. The van der Waals surface area contributed by atoms with Gasteiger partial charge in [-0.1, -0.05) is 12.1 Å². The third-order valence-corrected chi connectivity index (χ3v) is 5.03. The lowest BCUT2D eigenvalue weighted by Crippen LogP contribution is -2.22. The second-order valence-corrected chi connectivity index (χ2v) is 7.04. The van der Waals surface area contributed by atoms with Crippen LogP contribution in [0.2, 0.25) is 0 Å². The Morgan fingerprint density at radius 2 is 1.95 bits per heavy atom. The predicted molar refractivity (Wildman–Crippen MR) is 79.0 cm³/mol. The van der Waals surface area contributed by atoms with Crippen LogP contribution < -0.4 is 5.32 Å². The normalized spacial score (nSPS) is 13.5. The van der Waals surface area contributed by atoms with Crippen molar-refractivity contribution in [3.8, 4) is 0 Å². The predicted octanol–water partition coefficient (Wildman–Crippen LogP) is 0.906. The fraction of sp³-hybridized carbons (Fsp3) is 0.385. The second kappa shape index (κ2) is 6.33. The molecule has 1 unspecified atom stereocenters. The number of aromatic amines is 1. The molecule has 21 heavy (non-hydrogen) atoms. The number of rotatable bonds is 6. The van der Waals surface area contributed by atoms with Gasteiger partial charge in [0, 0.05) is 20.1 Å². The molecule has 114 valence electrons. The Labute approximate surface area is 124 Å². The van der Waals surface area contributed by atoms with Gasteiger partial charge in [-0.25, -0.2) is 17.7 Å². The van der Waals surface area contributed by atoms with E-state index in [-0.39, 0.29) is 6.04 Å². The molecule has 2 aromatic rings. The van der Waals surface area contributed by atoms with Crippen molar-refractivity contribution in [3.63, 3.8) is 0 Å². The molecule has 1 aromatic carbocycles. The highest BCUT2D eigenvalue weighted by Gasteiger charge is 2.17. The van der Waals surface area contributed by atoms with Crippen molar-refractivity contribution >= 4 is 10.0 Å². The molecule has 1 aromatic heterocycles. The highest BCUT2D eigenvalue weighted by Crippen LogP contribution is 2.18. The topological polar surface area (TPSA) is 91.0 Å². The SMILES string of the molecule is CC(NCc1ncn[nH]1)c1ccc(S(=O)(=O)N(C)C)cc1. The minimum atomic E-state index is -3.38. The maximum atomic E-state index is 12.0. The summed E-state index contributed by atoms with van der Waals surface area (Å²) in [5.41, 5.74) is 1.01. The lowest BCUT2D eigenvalue weighted by Gasteiger charge is -2.15. The van der Waals surface area contributed by atoms with E-state index in [1.165, 1.54) is 24.7 Å². The Bertz CT molecular complexity index is 665. The number of hydrogen-bond donors (Lipinski definition) is 2. The minimum Gasteiger partial charge on any atom is -0.303 e. The fourth-order valence-corrected chi connectivity index (χ4v) is 2.72. The summed E-state index contributed by atoms with van der Waals surface area (Å²) in [5, 5.41) is 9.85. The molecular formula is C13H19N5O2S. The maximum Gasteiger partial charge on any atom is 0.242 e. The molecule has 0 radical (unpaired) electrons. The molecule has 0 bridgehead atoms. The van der Waals surface area contributed by atoms with Crippen molar-refractivity contribution in [1.29, 1.82) is 0 Å². The Hall–Kier alpha value is -1.77. The molecule has 1 heterocycles. The summed E-state index contributed by atoms with van der Waals surface area (Å²) in [7, 11) is -0.340. The summed E-state index contributed by atoms with van der Waals surface area (Å²) >= 11 is 0. The first kappa shape index (κ1) is 15.6. The molecule has 0 saturated carbocycles. The van der Waals surface area contributed by atoms with Crippen molar-refractivity contribution in [2.45, 2.75) is 24.4 Å². The highest BCUT2D eigenvalue weighted by molar-refractivity contribution is 7.89. The van der Waals surface area contributed by atoms with Crippen LogP contribution in [0.3, 0.4) is 0 Å². The molecular weight excluding hydrogens is 290 g/mol. The van der Waals surface area contributed by atoms with E-state index in [0.717, 1.165) is 11.4 Å². The zero-order chi connectivity index (χ0) is 15.5. The molecule has 0 fully saturated rings. The van der Waals surface area contributed by atoms with Gasteiger partial charge < -0.3 is 5.32 Å². The van der Waals surface area contributed by atoms with E-state index < -0.39 is 10.0 Å². The number of benzene rings is 1. The van der Waals surface area contributed by atoms with Gasteiger partial charge in [0.1, 0.15) is 12.2 Å². The fourth-order valence-electron chi connectivity index (χ4n) is 1.82. The zero-order valence-corrected chi connectivity index (χ0v) is 13.1. The molecule has 0 aliphatic rings. The van der Waals surface area contributed by atoms with Crippen LogP contribution in [0.25, 0.3) is 0 Å².